The van der Waals surface area contributed by atoms with Gasteiger partial charge in [0.15, 0.2) is 0 Å². The van der Waals surface area contributed by atoms with Crippen molar-refractivity contribution < 1.29 is 19.1 Å². The molecule has 2 atom stereocenters. The van der Waals surface area contributed by atoms with Crippen LogP contribution in [0.3, 0.4) is 0 Å². The molecule has 5 nitrogen and oxygen atoms in total. The Balaban J connectivity index is 1.57. The van der Waals surface area contributed by atoms with Gasteiger partial charge in [-0.2, -0.15) is 5.48 Å². The third kappa shape index (κ3) is 2.24. The molecule has 0 radical (unpaired) electrons. The van der Waals surface area contributed by atoms with Gasteiger partial charge in [-0.25, -0.2) is 4.79 Å². The summed E-state index contributed by atoms with van der Waals surface area (Å²) < 4.78 is 11.8. The zero-order valence-corrected chi connectivity index (χ0v) is 12.5. The molecule has 2 spiro atoms. The minimum atomic E-state index is -1.28. The van der Waals surface area contributed by atoms with Gasteiger partial charge >= 0.3 is 5.97 Å². The number of rotatable bonds is 2. The largest absolute Gasteiger partial charge is 0.429 e. The van der Waals surface area contributed by atoms with Crippen LogP contribution in [0.25, 0.3) is 0 Å². The zero-order valence-electron chi connectivity index (χ0n) is 12.5. The number of hydrogen-bond acceptors (Lipinski definition) is 5. The highest BCUT2D eigenvalue weighted by atomic mass is 16.9. The third-order valence-corrected chi connectivity index (χ3v) is 4.93. The fourth-order valence-electron chi connectivity index (χ4n) is 3.76. The molecule has 4 rings (SSSR count). The smallest absolute Gasteiger partial charge is 0.371 e. The molecule has 1 saturated carbocycles. The van der Waals surface area contributed by atoms with E-state index in [1.54, 1.807) is 0 Å². The Morgan fingerprint density at radius 1 is 1.14 bits per heavy atom. The lowest BCUT2D eigenvalue weighted by molar-refractivity contribution is -0.281. The second-order valence-corrected chi connectivity index (χ2v) is 6.47. The van der Waals surface area contributed by atoms with Crippen LogP contribution in [0.4, 0.5) is 0 Å². The molecule has 1 N–H and O–H groups in total. The molecule has 0 aromatic heterocycles. The van der Waals surface area contributed by atoms with Gasteiger partial charge in [-0.1, -0.05) is 36.8 Å². The number of carbonyl (C=O) groups excluding carboxylic acids is 1. The summed E-state index contributed by atoms with van der Waals surface area (Å²) in [6.07, 6.45) is 5.48. The fourth-order valence-corrected chi connectivity index (χ4v) is 3.76. The quantitative estimate of drug-likeness (QED) is 0.850. The first kappa shape index (κ1) is 14.2. The molecule has 2 heterocycles. The van der Waals surface area contributed by atoms with Crippen molar-refractivity contribution in [3.8, 4) is 0 Å². The van der Waals surface area contributed by atoms with E-state index in [0.717, 1.165) is 32.1 Å². The number of benzene rings is 1. The van der Waals surface area contributed by atoms with Crippen molar-refractivity contribution in [1.29, 1.82) is 0 Å². The molecule has 0 amide bonds. The van der Waals surface area contributed by atoms with Gasteiger partial charge in [0.25, 0.3) is 5.79 Å². The van der Waals surface area contributed by atoms with Gasteiger partial charge in [-0.3, -0.25) is 9.57 Å². The van der Waals surface area contributed by atoms with Gasteiger partial charge in [0.05, 0.1) is 0 Å². The summed E-state index contributed by atoms with van der Waals surface area (Å²) >= 11 is 0. The Morgan fingerprint density at radius 3 is 2.68 bits per heavy atom. The first-order chi connectivity index (χ1) is 10.7. The predicted octanol–water partition coefficient (Wildman–Crippen LogP) is 2.31. The van der Waals surface area contributed by atoms with Gasteiger partial charge < -0.3 is 4.74 Å². The molecule has 5 heteroatoms. The Morgan fingerprint density at radius 2 is 1.91 bits per heavy atom. The van der Waals surface area contributed by atoms with Crippen LogP contribution in [0.15, 0.2) is 30.3 Å². The van der Waals surface area contributed by atoms with Crippen LogP contribution >= 0.6 is 0 Å². The second kappa shape index (κ2) is 5.33. The van der Waals surface area contributed by atoms with E-state index >= 15 is 0 Å². The molecule has 1 aromatic carbocycles. The minimum absolute atomic E-state index is 0.0799. The first-order valence-electron chi connectivity index (χ1n) is 8.11. The molecule has 2 unspecified atom stereocenters. The zero-order chi connectivity index (χ0) is 15.0. The minimum Gasteiger partial charge on any atom is -0.429 e. The monoisotopic (exact) mass is 303 g/mol. The van der Waals surface area contributed by atoms with E-state index in [-0.39, 0.29) is 11.9 Å². The molecule has 2 aliphatic heterocycles. The lowest BCUT2D eigenvalue weighted by atomic mass is 9.91. The molecular formula is C17H21NO4. The van der Waals surface area contributed by atoms with Crippen molar-refractivity contribution in [2.24, 2.45) is 5.92 Å². The Bertz CT molecular complexity index is 555. The molecule has 118 valence electrons. The summed E-state index contributed by atoms with van der Waals surface area (Å²) in [5, 5.41) is 0. The average Bonchev–Trinajstić information content (AvgIpc) is 3.04. The summed E-state index contributed by atoms with van der Waals surface area (Å²) in [6.45, 7) is 0.583. The van der Waals surface area contributed by atoms with Crippen LogP contribution < -0.4 is 5.48 Å². The van der Waals surface area contributed by atoms with Crippen LogP contribution in [0.5, 0.6) is 0 Å². The van der Waals surface area contributed by atoms with Crippen LogP contribution in [-0.2, 0) is 25.5 Å². The number of carbonyl (C=O) groups is 1. The van der Waals surface area contributed by atoms with Gasteiger partial charge in [-0.05, 0) is 24.8 Å². The van der Waals surface area contributed by atoms with E-state index in [0.29, 0.717) is 6.54 Å². The third-order valence-electron chi connectivity index (χ3n) is 4.93. The highest BCUT2D eigenvalue weighted by Crippen LogP contribution is 2.47. The van der Waals surface area contributed by atoms with E-state index in [9.17, 15) is 4.79 Å². The maximum absolute atomic E-state index is 12.6. The highest BCUT2D eigenvalue weighted by molar-refractivity contribution is 5.80. The highest BCUT2D eigenvalue weighted by Gasteiger charge is 2.65. The van der Waals surface area contributed by atoms with Crippen LogP contribution in [0, 0.1) is 5.92 Å². The first-order valence-corrected chi connectivity index (χ1v) is 8.11. The van der Waals surface area contributed by atoms with Crippen molar-refractivity contribution in [2.45, 2.75) is 50.1 Å². The molecule has 3 fully saturated rings. The van der Waals surface area contributed by atoms with Gasteiger partial charge in [0, 0.05) is 25.3 Å². The van der Waals surface area contributed by atoms with Crippen LogP contribution in [0.1, 0.15) is 37.7 Å². The maximum Gasteiger partial charge on any atom is 0.371 e. The van der Waals surface area contributed by atoms with Gasteiger partial charge in [0.2, 0.25) is 5.79 Å². The lowest BCUT2D eigenvalue weighted by Crippen LogP contribution is -2.45. The summed E-state index contributed by atoms with van der Waals surface area (Å²) in [6, 6.07) is 10.1. The Kier molecular flexibility index (Phi) is 3.44. The summed E-state index contributed by atoms with van der Waals surface area (Å²) in [7, 11) is 0. The summed E-state index contributed by atoms with van der Waals surface area (Å²) in [5.41, 5.74) is 4.02. The summed E-state index contributed by atoms with van der Waals surface area (Å²) in [5.74, 6) is -2.51. The SMILES string of the molecule is O=C1OC2(CCCCC2)OC12ONCC2Cc1ccccc1. The molecule has 2 saturated heterocycles. The number of hydrogen-bond donors (Lipinski definition) is 1. The van der Waals surface area contributed by atoms with Crippen molar-refractivity contribution in [3.63, 3.8) is 0 Å². The van der Waals surface area contributed by atoms with Crippen molar-refractivity contribution in [3.05, 3.63) is 35.9 Å². The van der Waals surface area contributed by atoms with Crippen molar-refractivity contribution in [2.75, 3.05) is 6.54 Å². The molecule has 1 aliphatic carbocycles. The van der Waals surface area contributed by atoms with Crippen LogP contribution in [-0.4, -0.2) is 24.1 Å². The maximum atomic E-state index is 12.6. The van der Waals surface area contributed by atoms with Gasteiger partial charge in [0.1, 0.15) is 0 Å². The van der Waals surface area contributed by atoms with Crippen LogP contribution in [0.2, 0.25) is 0 Å². The molecule has 0 bridgehead atoms. The predicted molar refractivity (Wildman–Crippen MR) is 78.4 cm³/mol. The standard InChI is InChI=1S/C17H21NO4/c19-15-17(21-16(20-15)9-5-2-6-10-16)14(12-18-22-17)11-13-7-3-1-4-8-13/h1,3-4,7-8,14,18H,2,5-6,9-12H2. The lowest BCUT2D eigenvalue weighted by Gasteiger charge is -2.32. The fraction of sp³-hybridized carbons (Fsp3) is 0.588. The van der Waals surface area contributed by atoms with Gasteiger partial charge in [-0.15, -0.1) is 0 Å². The molecule has 3 aliphatic rings. The van der Waals surface area contributed by atoms with Crippen molar-refractivity contribution in [1.82, 2.24) is 5.48 Å². The van der Waals surface area contributed by atoms with Crippen molar-refractivity contribution >= 4 is 5.97 Å². The van der Waals surface area contributed by atoms with E-state index in [4.69, 9.17) is 14.3 Å². The number of ether oxygens (including phenoxy) is 2. The van der Waals surface area contributed by atoms with E-state index in [2.05, 4.69) is 17.6 Å². The van der Waals surface area contributed by atoms with E-state index in [1.807, 2.05) is 18.2 Å². The normalized spacial score (nSPS) is 33.5. The average molecular weight is 303 g/mol. The van der Waals surface area contributed by atoms with E-state index in [1.165, 1.54) is 12.0 Å². The summed E-state index contributed by atoms with van der Waals surface area (Å²) in [4.78, 5) is 18.1. The topological polar surface area (TPSA) is 56.8 Å². The number of esters is 1. The Labute approximate surface area is 129 Å². The number of nitrogens with one attached hydrogen (secondary N) is 1. The van der Waals surface area contributed by atoms with E-state index < -0.39 is 11.6 Å². The molecule has 1 aromatic rings. The molecular weight excluding hydrogens is 282 g/mol. The second-order valence-electron chi connectivity index (χ2n) is 6.47. The number of hydroxylamine groups is 1. The molecule has 22 heavy (non-hydrogen) atoms. The Hall–Kier alpha value is -1.43.